The van der Waals surface area contributed by atoms with Crippen molar-refractivity contribution in [1.29, 1.82) is 0 Å². The molecule has 0 amide bonds. The second-order valence-electron chi connectivity index (χ2n) is 5.11. The first-order chi connectivity index (χ1) is 9.28. The van der Waals surface area contributed by atoms with Gasteiger partial charge in [-0.25, -0.2) is 0 Å². The van der Waals surface area contributed by atoms with Crippen molar-refractivity contribution < 1.29 is 9.52 Å². The lowest BCUT2D eigenvalue weighted by atomic mass is 10.2. The summed E-state index contributed by atoms with van der Waals surface area (Å²) in [6.45, 7) is 9.36. The Morgan fingerprint density at radius 3 is 2.89 bits per heavy atom. The molecule has 1 aliphatic rings. The number of hydrogen-bond acceptors (Lipinski definition) is 5. The maximum atomic E-state index is 10.2. The third-order valence-electron chi connectivity index (χ3n) is 3.55. The van der Waals surface area contributed by atoms with Gasteiger partial charge < -0.3 is 14.8 Å². The van der Waals surface area contributed by atoms with E-state index in [-0.39, 0.29) is 6.10 Å². The van der Waals surface area contributed by atoms with Gasteiger partial charge in [0.25, 0.3) is 0 Å². The first kappa shape index (κ1) is 14.5. The molecule has 5 heteroatoms. The van der Waals surface area contributed by atoms with Gasteiger partial charge in [-0.2, -0.15) is 0 Å². The molecule has 19 heavy (non-hydrogen) atoms. The minimum atomic E-state index is -0.298. The molecule has 1 aliphatic heterocycles. The molecule has 0 spiro atoms. The fourth-order valence-corrected chi connectivity index (χ4v) is 2.48. The lowest BCUT2D eigenvalue weighted by Gasteiger charge is -2.31. The summed E-state index contributed by atoms with van der Waals surface area (Å²) in [6.07, 6.45) is 1.40. The van der Waals surface area contributed by atoms with Crippen molar-refractivity contribution in [1.82, 2.24) is 15.1 Å². The summed E-state index contributed by atoms with van der Waals surface area (Å²) < 4.78 is 5.36. The predicted octanol–water partition coefficient (Wildman–Crippen LogP) is 0.368. The van der Waals surface area contributed by atoms with E-state index in [0.717, 1.165) is 51.6 Å². The van der Waals surface area contributed by atoms with Crippen molar-refractivity contribution in [2.45, 2.75) is 19.6 Å². The number of furan rings is 1. The van der Waals surface area contributed by atoms with Gasteiger partial charge in [-0.05, 0) is 18.7 Å². The summed E-state index contributed by atoms with van der Waals surface area (Å²) in [5.74, 6) is 0.955. The van der Waals surface area contributed by atoms with Gasteiger partial charge >= 0.3 is 0 Å². The summed E-state index contributed by atoms with van der Waals surface area (Å²) in [5, 5.41) is 13.5. The highest BCUT2D eigenvalue weighted by Crippen LogP contribution is 2.06. The molecule has 0 saturated carbocycles. The Labute approximate surface area is 115 Å². The number of aliphatic hydroxyl groups excluding tert-OH is 1. The number of likely N-dealkylation sites (N-methyl/N-ethyl adjacent to an activating group) is 1. The first-order valence-corrected chi connectivity index (χ1v) is 7.13. The van der Waals surface area contributed by atoms with Crippen molar-refractivity contribution in [3.05, 3.63) is 24.2 Å². The number of β-amino-alcohol motifs (C(OH)–C–C–N with tert-alkyl or cyclic N) is 1. The number of hydrogen-bond donors (Lipinski definition) is 2. The molecule has 1 fully saturated rings. The summed E-state index contributed by atoms with van der Waals surface area (Å²) in [6, 6.07) is 3.88. The van der Waals surface area contributed by atoms with E-state index in [1.165, 1.54) is 0 Å². The normalized spacial score (nSPS) is 18.9. The lowest BCUT2D eigenvalue weighted by Crippen LogP contribution is -2.48. The Morgan fingerprint density at radius 2 is 2.26 bits per heavy atom. The monoisotopic (exact) mass is 267 g/mol. The van der Waals surface area contributed by atoms with Crippen LogP contribution in [0, 0.1) is 0 Å². The zero-order valence-electron chi connectivity index (χ0n) is 11.7. The maximum Gasteiger partial charge on any atom is 0.117 e. The molecule has 1 saturated heterocycles. The molecule has 108 valence electrons. The number of piperazine rings is 1. The molecule has 2 N–H and O–H groups in total. The average molecular weight is 267 g/mol. The van der Waals surface area contributed by atoms with Crippen LogP contribution in [-0.2, 0) is 6.54 Å². The van der Waals surface area contributed by atoms with Crippen LogP contribution in [0.4, 0.5) is 0 Å². The van der Waals surface area contributed by atoms with Crippen LogP contribution >= 0.6 is 0 Å². The molecule has 1 aromatic rings. The third-order valence-corrected chi connectivity index (χ3v) is 3.55. The van der Waals surface area contributed by atoms with Gasteiger partial charge in [0.2, 0.25) is 0 Å². The highest BCUT2D eigenvalue weighted by molar-refractivity contribution is 4.97. The zero-order chi connectivity index (χ0) is 13.5. The number of nitrogens with one attached hydrogen (secondary N) is 1. The van der Waals surface area contributed by atoms with Crippen LogP contribution in [0.3, 0.4) is 0 Å². The zero-order valence-corrected chi connectivity index (χ0v) is 11.7. The second-order valence-corrected chi connectivity index (χ2v) is 5.11. The smallest absolute Gasteiger partial charge is 0.117 e. The molecule has 0 aliphatic carbocycles. The molecule has 1 atom stereocenters. The predicted molar refractivity (Wildman–Crippen MR) is 75.0 cm³/mol. The van der Waals surface area contributed by atoms with Gasteiger partial charge in [-0.1, -0.05) is 6.92 Å². The molecule has 0 aromatic carbocycles. The van der Waals surface area contributed by atoms with Crippen LogP contribution in [0.1, 0.15) is 12.7 Å². The van der Waals surface area contributed by atoms with Gasteiger partial charge in [0.15, 0.2) is 0 Å². The largest absolute Gasteiger partial charge is 0.468 e. The van der Waals surface area contributed by atoms with E-state index >= 15 is 0 Å². The Bertz CT molecular complexity index is 336. The molecule has 5 nitrogen and oxygen atoms in total. The van der Waals surface area contributed by atoms with Crippen molar-refractivity contribution in [2.24, 2.45) is 0 Å². The van der Waals surface area contributed by atoms with Crippen LogP contribution < -0.4 is 5.32 Å². The quantitative estimate of drug-likeness (QED) is 0.747. The topological polar surface area (TPSA) is 51.9 Å². The Hall–Kier alpha value is -0.880. The van der Waals surface area contributed by atoms with Gasteiger partial charge in [-0.15, -0.1) is 0 Å². The van der Waals surface area contributed by atoms with Gasteiger partial charge in [0.1, 0.15) is 5.76 Å². The Balaban J connectivity index is 1.73. The van der Waals surface area contributed by atoms with E-state index in [4.69, 9.17) is 4.42 Å². The van der Waals surface area contributed by atoms with Crippen molar-refractivity contribution in [3.8, 4) is 0 Å². The van der Waals surface area contributed by atoms with Crippen molar-refractivity contribution >= 4 is 0 Å². The molecule has 2 rings (SSSR count). The first-order valence-electron chi connectivity index (χ1n) is 7.13. The summed E-state index contributed by atoms with van der Waals surface area (Å²) >= 11 is 0. The summed E-state index contributed by atoms with van der Waals surface area (Å²) in [4.78, 5) is 4.54. The Morgan fingerprint density at radius 1 is 1.47 bits per heavy atom. The van der Waals surface area contributed by atoms with Gasteiger partial charge in [-0.3, -0.25) is 9.80 Å². The minimum Gasteiger partial charge on any atom is -0.468 e. The van der Waals surface area contributed by atoms with Crippen LogP contribution in [0.25, 0.3) is 0 Å². The molecule has 2 heterocycles. The average Bonchev–Trinajstić information content (AvgIpc) is 2.92. The number of aliphatic hydroxyl groups is 1. The fourth-order valence-electron chi connectivity index (χ4n) is 2.48. The fraction of sp³-hybridized carbons (Fsp3) is 0.714. The van der Waals surface area contributed by atoms with Gasteiger partial charge in [0.05, 0.1) is 18.9 Å². The molecule has 0 bridgehead atoms. The minimum absolute atomic E-state index is 0.298. The molecular formula is C14H25N3O2. The van der Waals surface area contributed by atoms with Crippen LogP contribution in [0.5, 0.6) is 0 Å². The standard InChI is InChI=1S/C14H25N3O2/c1-2-16(12-14-4-3-9-19-14)10-13(18)11-17-7-5-15-6-8-17/h3-4,9,13,15,18H,2,5-8,10-12H2,1H3. The van der Waals surface area contributed by atoms with Crippen LogP contribution in [0.2, 0.25) is 0 Å². The third kappa shape index (κ3) is 4.95. The van der Waals surface area contributed by atoms with E-state index < -0.39 is 0 Å². The number of rotatable bonds is 7. The molecule has 1 aromatic heterocycles. The van der Waals surface area contributed by atoms with E-state index in [0.29, 0.717) is 6.54 Å². The van der Waals surface area contributed by atoms with Gasteiger partial charge in [0, 0.05) is 39.3 Å². The van der Waals surface area contributed by atoms with Crippen molar-refractivity contribution in [2.75, 3.05) is 45.8 Å². The summed E-state index contributed by atoms with van der Waals surface area (Å²) in [5.41, 5.74) is 0. The lowest BCUT2D eigenvalue weighted by molar-refractivity contribution is 0.0666. The second kappa shape index (κ2) is 7.65. The SMILES string of the molecule is CCN(Cc1ccco1)CC(O)CN1CCNCC1. The van der Waals surface area contributed by atoms with E-state index in [9.17, 15) is 5.11 Å². The Kier molecular flexibility index (Phi) is 5.85. The highest BCUT2D eigenvalue weighted by atomic mass is 16.3. The van der Waals surface area contributed by atoms with E-state index in [1.54, 1.807) is 6.26 Å². The van der Waals surface area contributed by atoms with Crippen LogP contribution in [-0.4, -0.2) is 66.8 Å². The highest BCUT2D eigenvalue weighted by Gasteiger charge is 2.17. The molecule has 0 radical (unpaired) electrons. The van der Waals surface area contributed by atoms with Crippen molar-refractivity contribution in [3.63, 3.8) is 0 Å². The molecular weight excluding hydrogens is 242 g/mol. The maximum absolute atomic E-state index is 10.2. The van der Waals surface area contributed by atoms with E-state index in [2.05, 4.69) is 22.0 Å². The van der Waals surface area contributed by atoms with Crippen LogP contribution in [0.15, 0.2) is 22.8 Å². The number of nitrogens with zero attached hydrogens (tertiary/aromatic N) is 2. The molecule has 1 unspecified atom stereocenters. The summed E-state index contributed by atoms with van der Waals surface area (Å²) in [7, 11) is 0. The van der Waals surface area contributed by atoms with E-state index in [1.807, 2.05) is 12.1 Å².